The van der Waals surface area contributed by atoms with Crippen LogP contribution in [0, 0.1) is 17.7 Å². The summed E-state index contributed by atoms with van der Waals surface area (Å²) < 4.78 is 32.4. The van der Waals surface area contributed by atoms with Crippen LogP contribution >= 0.6 is 0 Å². The minimum Gasteiger partial charge on any atom is -0.491 e. The van der Waals surface area contributed by atoms with Crippen LogP contribution in [-0.2, 0) is 14.4 Å². The third-order valence-electron chi connectivity index (χ3n) is 8.25. The minimum absolute atomic E-state index is 0.0347. The molecule has 2 aliphatic rings. The average Bonchev–Trinajstić information content (AvgIpc) is 2.98. The zero-order chi connectivity index (χ0) is 29.2. The van der Waals surface area contributed by atoms with Crippen molar-refractivity contribution < 1.29 is 33.0 Å². The van der Waals surface area contributed by atoms with Crippen LogP contribution in [0.1, 0.15) is 62.8 Å². The predicted molar refractivity (Wildman–Crippen MR) is 152 cm³/mol. The van der Waals surface area contributed by atoms with Gasteiger partial charge in [0, 0.05) is 37.8 Å². The van der Waals surface area contributed by atoms with Crippen LogP contribution in [0.4, 0.5) is 8.78 Å². The maximum absolute atomic E-state index is 14.7. The van der Waals surface area contributed by atoms with Crippen LogP contribution in [0.3, 0.4) is 0 Å². The number of amides is 1. The van der Waals surface area contributed by atoms with E-state index in [4.69, 9.17) is 4.74 Å². The van der Waals surface area contributed by atoms with E-state index in [1.165, 1.54) is 12.1 Å². The smallest absolute Gasteiger partial charge is 0.303 e. The van der Waals surface area contributed by atoms with Gasteiger partial charge >= 0.3 is 5.97 Å². The molecule has 7 nitrogen and oxygen atoms in total. The van der Waals surface area contributed by atoms with E-state index in [-0.39, 0.29) is 37.1 Å². The van der Waals surface area contributed by atoms with Crippen molar-refractivity contribution in [2.24, 2.45) is 11.8 Å². The lowest BCUT2D eigenvalue weighted by atomic mass is 9.83. The Balaban J connectivity index is 1.42. The van der Waals surface area contributed by atoms with Crippen molar-refractivity contribution in [2.45, 2.75) is 57.3 Å². The monoisotopic (exact) mass is 570 g/mol. The Labute approximate surface area is 240 Å². The second-order valence-electron chi connectivity index (χ2n) is 11.2. The van der Waals surface area contributed by atoms with Crippen molar-refractivity contribution in [3.05, 3.63) is 53.8 Å². The summed E-state index contributed by atoms with van der Waals surface area (Å²) >= 11 is 0. The van der Waals surface area contributed by atoms with Gasteiger partial charge in [0.05, 0.1) is 6.42 Å². The highest BCUT2D eigenvalue weighted by Crippen LogP contribution is 2.33. The molecular formula is C32H40F2N2O5. The molecule has 2 aliphatic heterocycles. The van der Waals surface area contributed by atoms with E-state index in [1.54, 1.807) is 35.2 Å². The lowest BCUT2D eigenvalue weighted by Crippen LogP contribution is -2.42. The third kappa shape index (κ3) is 9.08. The fourth-order valence-corrected chi connectivity index (χ4v) is 5.97. The van der Waals surface area contributed by atoms with Crippen LogP contribution in [0.5, 0.6) is 5.75 Å². The number of nitrogens with one attached hydrogen (secondary N) is 1. The number of hydrogen-bond donors (Lipinski definition) is 2. The third-order valence-corrected chi connectivity index (χ3v) is 8.25. The normalized spacial score (nSPS) is 18.6. The molecule has 222 valence electrons. The van der Waals surface area contributed by atoms with Crippen molar-refractivity contribution in [1.82, 2.24) is 10.2 Å². The summed E-state index contributed by atoms with van der Waals surface area (Å²) in [5.74, 6) is -1.61. The van der Waals surface area contributed by atoms with E-state index in [0.29, 0.717) is 54.3 Å². The van der Waals surface area contributed by atoms with Gasteiger partial charge in [0.2, 0.25) is 5.91 Å². The van der Waals surface area contributed by atoms with Crippen LogP contribution in [0.25, 0.3) is 11.1 Å². The largest absolute Gasteiger partial charge is 0.491 e. The molecule has 2 aromatic rings. The van der Waals surface area contributed by atoms with E-state index >= 15 is 0 Å². The summed E-state index contributed by atoms with van der Waals surface area (Å²) in [7, 11) is 0. The number of carbonyl (C=O) groups is 3. The van der Waals surface area contributed by atoms with Gasteiger partial charge in [-0.1, -0.05) is 18.2 Å². The first-order valence-electron chi connectivity index (χ1n) is 14.6. The molecule has 41 heavy (non-hydrogen) atoms. The molecule has 0 aliphatic carbocycles. The van der Waals surface area contributed by atoms with Gasteiger partial charge in [-0.05, 0) is 92.1 Å². The SMILES string of the molecule is O=C(O)C[C@H](CC(=O)[C@@H]1CCCN(C(=O)CCC2CCNCC2)C1)c1cc(F)cc(-c2ccc(OCCF)cc2)c1. The summed E-state index contributed by atoms with van der Waals surface area (Å²) in [5, 5.41) is 12.9. The molecular weight excluding hydrogens is 530 g/mol. The maximum atomic E-state index is 14.7. The Morgan fingerprint density at radius 2 is 1.78 bits per heavy atom. The van der Waals surface area contributed by atoms with Crippen molar-refractivity contribution in [2.75, 3.05) is 39.5 Å². The molecule has 2 saturated heterocycles. The number of carboxylic acid groups (broad SMARTS) is 1. The standard InChI is InChI=1S/C32H40F2N2O5/c33-11-15-41-29-6-4-23(5-7-29)25-16-26(18-28(34)17-25)27(20-32(39)40)19-30(37)24-2-1-14-36(21-24)31(38)8-3-22-9-12-35-13-10-22/h4-7,16-18,22,24,27,35H,1-3,8-15,19-21H2,(H,39,40)/t24-,27+/m1/s1. The molecule has 2 aromatic carbocycles. The summed E-state index contributed by atoms with van der Waals surface area (Å²) in [6, 6.07) is 11.1. The Morgan fingerprint density at radius 3 is 2.49 bits per heavy atom. The van der Waals surface area contributed by atoms with Crippen molar-refractivity contribution >= 4 is 17.7 Å². The Bertz CT molecular complexity index is 1180. The number of ketones is 1. The lowest BCUT2D eigenvalue weighted by Gasteiger charge is -2.33. The van der Waals surface area contributed by atoms with E-state index in [0.717, 1.165) is 38.8 Å². The first-order valence-corrected chi connectivity index (χ1v) is 14.6. The fourth-order valence-electron chi connectivity index (χ4n) is 5.97. The molecule has 0 unspecified atom stereocenters. The molecule has 4 rings (SSSR count). The molecule has 0 bridgehead atoms. The van der Waals surface area contributed by atoms with E-state index in [9.17, 15) is 28.3 Å². The highest BCUT2D eigenvalue weighted by Gasteiger charge is 2.31. The molecule has 2 heterocycles. The molecule has 0 spiro atoms. The van der Waals surface area contributed by atoms with Crippen molar-refractivity contribution in [3.8, 4) is 16.9 Å². The van der Waals surface area contributed by atoms with Gasteiger partial charge in [-0.25, -0.2) is 8.78 Å². The molecule has 0 radical (unpaired) electrons. The van der Waals surface area contributed by atoms with Crippen LogP contribution in [-0.4, -0.2) is 67.1 Å². The highest BCUT2D eigenvalue weighted by molar-refractivity contribution is 5.84. The number of carboxylic acids is 1. The molecule has 2 atom stereocenters. The Kier molecular flexibility index (Phi) is 11.2. The summed E-state index contributed by atoms with van der Waals surface area (Å²) in [6.07, 6.45) is 4.57. The molecule has 2 fully saturated rings. The van der Waals surface area contributed by atoms with E-state index in [1.807, 2.05) is 0 Å². The summed E-state index contributed by atoms with van der Waals surface area (Å²) in [5.41, 5.74) is 1.67. The molecule has 2 N–H and O–H groups in total. The number of ether oxygens (including phenoxy) is 1. The molecule has 1 amide bonds. The number of piperidine rings is 2. The van der Waals surface area contributed by atoms with Gasteiger partial charge in [-0.15, -0.1) is 0 Å². The second kappa shape index (κ2) is 15.1. The van der Waals surface area contributed by atoms with Crippen LogP contribution in [0.2, 0.25) is 0 Å². The number of hydrogen-bond acceptors (Lipinski definition) is 5. The minimum atomic E-state index is -1.07. The summed E-state index contributed by atoms with van der Waals surface area (Å²) in [4.78, 5) is 39.9. The second-order valence-corrected chi connectivity index (χ2v) is 11.2. The number of nitrogens with zero attached hydrogens (tertiary/aromatic N) is 1. The van der Waals surface area contributed by atoms with Gasteiger partial charge in [0.15, 0.2) is 0 Å². The van der Waals surface area contributed by atoms with E-state index < -0.39 is 24.4 Å². The maximum Gasteiger partial charge on any atom is 0.303 e. The predicted octanol–water partition coefficient (Wildman–Crippen LogP) is 5.38. The molecule has 0 aromatic heterocycles. The fraction of sp³-hybridized carbons (Fsp3) is 0.531. The molecule has 9 heteroatoms. The van der Waals surface area contributed by atoms with Gasteiger partial charge in [-0.2, -0.15) is 0 Å². The highest BCUT2D eigenvalue weighted by atomic mass is 19.1. The average molecular weight is 571 g/mol. The number of Topliss-reactive ketones (excluding diaryl/α,β-unsaturated/α-hetero) is 1. The Morgan fingerprint density at radius 1 is 1.02 bits per heavy atom. The number of likely N-dealkylation sites (tertiary alicyclic amines) is 1. The Hall–Kier alpha value is -3.33. The number of halogens is 2. The van der Waals surface area contributed by atoms with Gasteiger partial charge < -0.3 is 20.1 Å². The number of alkyl halides is 1. The summed E-state index contributed by atoms with van der Waals surface area (Å²) in [6.45, 7) is 2.32. The van der Waals surface area contributed by atoms with E-state index in [2.05, 4.69) is 5.32 Å². The van der Waals surface area contributed by atoms with Gasteiger partial charge in [0.1, 0.15) is 30.6 Å². The quantitative estimate of drug-likeness (QED) is 0.336. The number of aliphatic carboxylic acids is 1. The number of rotatable bonds is 13. The lowest BCUT2D eigenvalue weighted by molar-refractivity contribution is -0.137. The van der Waals surface area contributed by atoms with Gasteiger partial charge in [0.25, 0.3) is 0 Å². The van der Waals surface area contributed by atoms with Crippen molar-refractivity contribution in [1.29, 1.82) is 0 Å². The number of carbonyl (C=O) groups excluding carboxylic acids is 2. The topological polar surface area (TPSA) is 95.9 Å². The van der Waals surface area contributed by atoms with Gasteiger partial charge in [-0.3, -0.25) is 14.4 Å². The zero-order valence-corrected chi connectivity index (χ0v) is 23.5. The number of benzene rings is 2. The van der Waals surface area contributed by atoms with Crippen LogP contribution in [0.15, 0.2) is 42.5 Å². The van der Waals surface area contributed by atoms with Crippen molar-refractivity contribution in [3.63, 3.8) is 0 Å². The zero-order valence-electron chi connectivity index (χ0n) is 23.5. The first-order chi connectivity index (χ1) is 19.8. The van der Waals surface area contributed by atoms with Crippen LogP contribution < -0.4 is 10.1 Å². The molecule has 0 saturated carbocycles. The first kappa shape index (κ1) is 30.6.